The number of carboxylic acids is 4. The number of amides is 6. The number of pyridine rings is 5. The minimum Gasteiger partial charge on any atom is -0.481 e. The number of nitrogens with two attached hydrogens (primary N) is 5. The van der Waals surface area contributed by atoms with Crippen molar-refractivity contribution in [2.24, 2.45) is 28.7 Å². The van der Waals surface area contributed by atoms with E-state index in [1.807, 2.05) is 164 Å². The second-order valence-electron chi connectivity index (χ2n) is 32.9. The molecule has 10 aromatic heterocycles. The van der Waals surface area contributed by atoms with Crippen LogP contribution in [0.2, 0.25) is 0 Å². The van der Waals surface area contributed by atoms with Crippen LogP contribution in [0.15, 0.2) is 207 Å². The van der Waals surface area contributed by atoms with Gasteiger partial charge < -0.3 is 95.6 Å². The number of sulfonamides is 1. The smallest absolute Gasteiger partial charge is 0.341 e. The Bertz CT molecular complexity index is 7520. The molecule has 10 heterocycles. The second-order valence-corrected chi connectivity index (χ2v) is 34.6. The van der Waals surface area contributed by atoms with E-state index in [4.69, 9.17) is 72.8 Å². The first-order valence-corrected chi connectivity index (χ1v) is 46.9. The number of hydrogen-bond acceptors (Lipinski definition) is 27. The number of nitrogens with zero attached hydrogens (tertiary/aromatic N) is 10. The molecular formula is C103H102N16O26S. The highest BCUT2D eigenvalue weighted by Gasteiger charge is 2.34. The van der Waals surface area contributed by atoms with Crippen molar-refractivity contribution >= 4 is 153 Å². The molecule has 15 aromatic rings. The maximum Gasteiger partial charge on any atom is 0.341 e. The average molecular weight is 2010 g/mol. The van der Waals surface area contributed by atoms with Gasteiger partial charge in [-0.2, -0.15) is 0 Å². The molecule has 0 fully saturated rings. The summed E-state index contributed by atoms with van der Waals surface area (Å²) < 4.78 is 60.0. The fraction of sp³-hybridized carbons (Fsp3) is 0.223. The van der Waals surface area contributed by atoms with E-state index >= 15 is 0 Å². The van der Waals surface area contributed by atoms with Gasteiger partial charge in [-0.15, -0.1) is 0 Å². The molecule has 0 spiro atoms. The van der Waals surface area contributed by atoms with Crippen LogP contribution in [-0.2, 0) is 90.7 Å². The number of carboxylic acid groups (broad SMARTS) is 4. The number of benzene rings is 5. The molecule has 0 bridgehead atoms. The van der Waals surface area contributed by atoms with Crippen LogP contribution in [-0.4, -0.2) is 204 Å². The van der Waals surface area contributed by atoms with E-state index in [0.717, 1.165) is 58.9 Å². The van der Waals surface area contributed by atoms with Crippen LogP contribution in [0.1, 0.15) is 148 Å². The molecule has 43 heteroatoms. The van der Waals surface area contributed by atoms with Gasteiger partial charge in [0.05, 0.1) is 83.1 Å². The molecular weight excluding hydrogens is 1910 g/mol. The van der Waals surface area contributed by atoms with Crippen LogP contribution in [0.4, 0.5) is 0 Å². The molecule has 0 aliphatic heterocycles. The van der Waals surface area contributed by atoms with Crippen molar-refractivity contribution in [1.29, 1.82) is 0 Å². The summed E-state index contributed by atoms with van der Waals surface area (Å²) in [4.78, 5) is 197. The number of Topliss-reactive ketones (excluding diaryl/α,β-unsaturated/α-hetero) is 5. The summed E-state index contributed by atoms with van der Waals surface area (Å²) in [6.45, 7) is 9.86. The second kappa shape index (κ2) is 49.1. The number of aliphatic carboxylic acids is 4. The molecule has 42 nitrogen and oxygen atoms in total. The van der Waals surface area contributed by atoms with Gasteiger partial charge in [-0.1, -0.05) is 185 Å². The van der Waals surface area contributed by atoms with Gasteiger partial charge in [-0.05, 0) is 105 Å². The standard InChI is InChI=1S/C25H21N3O5.C20H20N4O6S.C20H27N3O5.2C19H17N3O5/c1-15-21(23(31)24(26)32)22-19(11-12-27-25(22)33-14-20(29)30)28(15)13-17-9-5-6-10-18(17)16-7-3-2-4-8-16;1-12-16(18(26)19(21)27)17-14(24(12)10-13-6-4-3-5-7-13)8-9-22-20(17)30-11-15(25)23-31(2,28)29;1-3-4-5-6-7-8-11-23-13(2)16(18(26)19(21)27)17-14(23)9-10-22-20(17)28-12-15(24)25;1-11-15(17(25)18(20)26)16-13(27-10-14(23)24)7-8-21-19(16)22(11)9-12-5-3-2-4-6-12;1-11-15(17(25)18(20)26)16-13(7-8-21-19(16)27-10-14(23)24)22(11)9-12-5-3-2-4-6-12/h2-12H,13-14H2,1H3,(H2,26,32)(H,29,30);3-9H,10-11H2,1-2H3,(H2,21,27)(H,23,25);9-10H,3-8,11-12H2,1-2H3,(H2,21,27)(H,24,25);2*2-8H,9-10H2,1H3,(H2,20,26)(H,23,24). The monoisotopic (exact) mass is 2010 g/mol. The van der Waals surface area contributed by atoms with Crippen molar-refractivity contribution in [1.82, 2.24) is 52.5 Å². The number of aromatic nitrogens is 10. The van der Waals surface area contributed by atoms with E-state index < -0.39 is 131 Å². The Morgan fingerprint density at radius 2 is 0.623 bits per heavy atom. The van der Waals surface area contributed by atoms with Crippen molar-refractivity contribution in [2.45, 2.75) is 113 Å². The lowest BCUT2D eigenvalue weighted by atomic mass is 9.99. The molecule has 0 aliphatic carbocycles. The lowest BCUT2D eigenvalue weighted by Crippen LogP contribution is -2.33. The Morgan fingerprint density at radius 1 is 0.329 bits per heavy atom. The Balaban J connectivity index is 0.000000174. The fourth-order valence-corrected chi connectivity index (χ4v) is 17.0. The summed E-state index contributed by atoms with van der Waals surface area (Å²) in [6.07, 6.45) is 14.9. The summed E-state index contributed by atoms with van der Waals surface area (Å²) >= 11 is 0. The van der Waals surface area contributed by atoms with Crippen molar-refractivity contribution < 1.29 is 124 Å². The molecule has 0 radical (unpaired) electrons. The quantitative estimate of drug-likeness (QED) is 0.00966. The van der Waals surface area contributed by atoms with Gasteiger partial charge in [-0.3, -0.25) is 57.5 Å². The number of primary amides is 5. The number of nitrogens with one attached hydrogen (secondary N) is 1. The lowest BCUT2D eigenvalue weighted by molar-refractivity contribution is -0.140. The number of hydrogen-bond donors (Lipinski definition) is 10. The zero-order chi connectivity index (χ0) is 106. The topological polar surface area (TPSA) is 648 Å². The highest BCUT2D eigenvalue weighted by molar-refractivity contribution is 7.89. The van der Waals surface area contributed by atoms with Gasteiger partial charge in [0.1, 0.15) is 11.4 Å². The third-order valence-corrected chi connectivity index (χ3v) is 23.5. The molecule has 0 unspecified atom stereocenters. The summed E-state index contributed by atoms with van der Waals surface area (Å²) in [5, 5.41) is 37.0. The van der Waals surface area contributed by atoms with E-state index in [9.17, 15) is 80.3 Å². The molecule has 5 aromatic carbocycles. The average Bonchev–Trinajstić information content (AvgIpc) is 1.60. The predicted octanol–water partition coefficient (Wildman–Crippen LogP) is 9.59. The van der Waals surface area contributed by atoms with E-state index in [0.29, 0.717) is 94.3 Å². The van der Waals surface area contributed by atoms with E-state index in [1.54, 1.807) is 68.2 Å². The molecule has 0 saturated carbocycles. The van der Waals surface area contributed by atoms with Crippen LogP contribution in [0.3, 0.4) is 0 Å². The first kappa shape index (κ1) is 108. The van der Waals surface area contributed by atoms with Crippen LogP contribution < -0.4 is 57.1 Å². The molecule has 15 N–H and O–H groups in total. The number of carbonyl (C=O) groups excluding carboxylic acids is 11. The van der Waals surface area contributed by atoms with Crippen molar-refractivity contribution in [2.75, 3.05) is 39.3 Å². The van der Waals surface area contributed by atoms with Crippen LogP contribution in [0, 0.1) is 34.6 Å². The number of carbonyl (C=O) groups is 15. The third kappa shape index (κ3) is 26.2. The molecule has 0 atom stereocenters. The largest absolute Gasteiger partial charge is 0.481 e. The van der Waals surface area contributed by atoms with Gasteiger partial charge in [0.15, 0.2) is 33.0 Å². The number of unbranched alkanes of at least 4 members (excludes halogenated alkanes) is 5. The molecule has 146 heavy (non-hydrogen) atoms. The highest BCUT2D eigenvalue weighted by Crippen LogP contribution is 2.40. The summed E-state index contributed by atoms with van der Waals surface area (Å²) in [5.74, 6) is -15.6. The van der Waals surface area contributed by atoms with E-state index in [2.05, 4.69) is 31.8 Å². The first-order valence-electron chi connectivity index (χ1n) is 45.0. The Morgan fingerprint density at radius 3 is 0.986 bits per heavy atom. The van der Waals surface area contributed by atoms with Gasteiger partial charge >= 0.3 is 23.9 Å². The minimum atomic E-state index is -3.76. The number of ether oxygens (including phenoxy) is 5. The van der Waals surface area contributed by atoms with Gasteiger partial charge in [0.2, 0.25) is 33.5 Å². The fourth-order valence-electron chi connectivity index (χ4n) is 16.5. The number of fused-ring (bicyclic) bond motifs is 5. The van der Waals surface area contributed by atoms with Gasteiger partial charge in [-0.25, -0.2) is 52.5 Å². The molecule has 0 saturated heterocycles. The maximum absolute atomic E-state index is 12.7. The van der Waals surface area contributed by atoms with Crippen LogP contribution >= 0.6 is 0 Å². The van der Waals surface area contributed by atoms with E-state index in [-0.39, 0.29) is 78.6 Å². The molecule has 6 amide bonds. The highest BCUT2D eigenvalue weighted by atomic mass is 32.2. The maximum atomic E-state index is 12.7. The van der Waals surface area contributed by atoms with Gasteiger partial charge in [0, 0.05) is 92.2 Å². The number of aryl methyl sites for hydroxylation is 1. The number of rotatable bonds is 42. The summed E-state index contributed by atoms with van der Waals surface area (Å²) in [5.41, 5.74) is 37.9. The van der Waals surface area contributed by atoms with Crippen molar-refractivity contribution in [3.05, 3.63) is 285 Å². The Hall–Kier alpha value is -18.4. The Kier molecular flexibility index (Phi) is 36.3. The van der Waals surface area contributed by atoms with Crippen LogP contribution in [0.25, 0.3) is 65.8 Å². The zero-order valence-electron chi connectivity index (χ0n) is 80.0. The Labute approximate surface area is 832 Å². The predicted molar refractivity (Wildman–Crippen MR) is 532 cm³/mol. The minimum absolute atomic E-state index is 0.00861. The molecule has 756 valence electrons. The van der Waals surface area contributed by atoms with Crippen molar-refractivity contribution in [3.63, 3.8) is 0 Å². The third-order valence-electron chi connectivity index (χ3n) is 22.9. The van der Waals surface area contributed by atoms with Crippen molar-refractivity contribution in [3.8, 4) is 40.4 Å². The SMILES string of the molecule is CCCCCCCCn1c(C)c(C(=O)C(N)=O)c2c(OCC(=O)O)nccc21.Cc1c(C(=O)C(N)=O)c2c(OCC(=O)NS(C)(=O)=O)nccc2n1Cc1ccccc1.Cc1c(C(=O)C(N)=O)c2c(OCC(=O)O)ccnc2n1Cc1ccccc1.Cc1c(C(=O)C(N)=O)c2c(OCC(=O)O)nccc2n1Cc1ccccc1.Cc1c(C(=O)C(N)=O)c2c(OCC(=O)O)nccc2n1Cc1ccccc1-c1ccccc1. The number of ketones is 5. The summed E-state index contributed by atoms with van der Waals surface area (Å²) in [7, 11) is -3.76. The molecule has 15 rings (SSSR count). The van der Waals surface area contributed by atoms with Crippen LogP contribution in [0.5, 0.6) is 29.3 Å². The molecule has 0 aliphatic rings. The summed E-state index contributed by atoms with van der Waals surface area (Å²) in [6, 6.07) is 54.5. The lowest BCUT2D eigenvalue weighted by Gasteiger charge is -2.14. The van der Waals surface area contributed by atoms with Gasteiger partial charge in [0.25, 0.3) is 64.4 Å². The normalized spacial score (nSPS) is 10.9. The van der Waals surface area contributed by atoms with E-state index in [1.165, 1.54) is 56.3 Å². The first-order chi connectivity index (χ1) is 69.6. The zero-order valence-corrected chi connectivity index (χ0v) is 80.8.